The molecule has 1 aromatic heterocycles. The Morgan fingerprint density at radius 1 is 1.35 bits per heavy atom. The Hall–Kier alpha value is -0.880. The largest absolute Gasteiger partial charge is 0.383 e. The second kappa shape index (κ2) is 7.45. The van der Waals surface area contributed by atoms with Crippen molar-refractivity contribution in [2.24, 2.45) is 0 Å². The third-order valence-electron chi connectivity index (χ3n) is 2.52. The quantitative estimate of drug-likeness (QED) is 0.806. The van der Waals surface area contributed by atoms with Crippen LogP contribution in [0.4, 0.5) is 11.6 Å². The summed E-state index contributed by atoms with van der Waals surface area (Å²) in [4.78, 5) is 10.4. The van der Waals surface area contributed by atoms with Crippen molar-refractivity contribution < 1.29 is 0 Å². The van der Waals surface area contributed by atoms with E-state index in [1.165, 1.54) is 12.7 Å². The lowest BCUT2D eigenvalue weighted by molar-refractivity contribution is 0.300. The van der Waals surface area contributed by atoms with Gasteiger partial charge in [-0.25, -0.2) is 9.97 Å². The van der Waals surface area contributed by atoms with Gasteiger partial charge in [-0.1, -0.05) is 13.8 Å². The van der Waals surface area contributed by atoms with Crippen LogP contribution >= 0.6 is 15.9 Å². The summed E-state index contributed by atoms with van der Waals surface area (Å²) in [6.07, 6.45) is 2.64. The number of halogens is 1. The summed E-state index contributed by atoms with van der Waals surface area (Å²) in [5.74, 6) is 1.22. The molecule has 96 valence electrons. The van der Waals surface area contributed by atoms with E-state index in [1.807, 2.05) is 0 Å². The Morgan fingerprint density at radius 2 is 2.12 bits per heavy atom. The highest BCUT2D eigenvalue weighted by molar-refractivity contribution is 9.10. The maximum Gasteiger partial charge on any atom is 0.145 e. The Morgan fingerprint density at radius 3 is 2.76 bits per heavy atom. The van der Waals surface area contributed by atoms with Crippen LogP contribution in [0, 0.1) is 0 Å². The number of likely N-dealkylation sites (N-methyl/N-ethyl adjacent to an activating group) is 1. The van der Waals surface area contributed by atoms with Crippen LogP contribution in [-0.4, -0.2) is 41.0 Å². The first-order valence-corrected chi connectivity index (χ1v) is 6.70. The average molecular weight is 302 g/mol. The van der Waals surface area contributed by atoms with Gasteiger partial charge in [0.2, 0.25) is 0 Å². The molecule has 0 saturated heterocycles. The normalized spacial score (nSPS) is 10.8. The number of hydrogen-bond donors (Lipinski definition) is 2. The zero-order valence-corrected chi connectivity index (χ0v) is 12.0. The molecule has 0 aliphatic rings. The molecule has 0 aromatic carbocycles. The van der Waals surface area contributed by atoms with Crippen molar-refractivity contribution in [3.8, 4) is 0 Å². The van der Waals surface area contributed by atoms with Gasteiger partial charge in [0, 0.05) is 13.1 Å². The molecular formula is C11H20BrN5. The van der Waals surface area contributed by atoms with Crippen LogP contribution in [0.25, 0.3) is 0 Å². The molecule has 1 rings (SSSR count). The number of nitrogens with one attached hydrogen (secondary N) is 1. The second-order valence-electron chi connectivity index (χ2n) is 3.78. The molecule has 1 aromatic rings. The lowest BCUT2D eigenvalue weighted by Crippen LogP contribution is -2.29. The standard InChI is InChI=1S/C11H20BrN5/c1-3-6-17(4-2)7-5-14-11-9(12)10(13)15-8-16-11/h8H,3-7H2,1-2H3,(H3,13,14,15,16). The molecule has 0 spiro atoms. The number of aromatic nitrogens is 2. The zero-order chi connectivity index (χ0) is 12.7. The second-order valence-corrected chi connectivity index (χ2v) is 4.58. The van der Waals surface area contributed by atoms with Crippen LogP contribution in [0.2, 0.25) is 0 Å². The molecule has 0 aliphatic heterocycles. The lowest BCUT2D eigenvalue weighted by Gasteiger charge is -2.19. The molecule has 1 heterocycles. The highest BCUT2D eigenvalue weighted by atomic mass is 79.9. The Bertz CT molecular complexity index is 345. The van der Waals surface area contributed by atoms with E-state index >= 15 is 0 Å². The smallest absolute Gasteiger partial charge is 0.145 e. The molecule has 0 fully saturated rings. The summed E-state index contributed by atoms with van der Waals surface area (Å²) >= 11 is 3.37. The van der Waals surface area contributed by atoms with Crippen LogP contribution < -0.4 is 11.1 Å². The van der Waals surface area contributed by atoms with E-state index in [-0.39, 0.29) is 0 Å². The van der Waals surface area contributed by atoms with E-state index in [0.717, 1.165) is 36.5 Å². The molecule has 17 heavy (non-hydrogen) atoms. The fourth-order valence-corrected chi connectivity index (χ4v) is 1.93. The third-order valence-corrected chi connectivity index (χ3v) is 3.31. The van der Waals surface area contributed by atoms with Crippen LogP contribution in [-0.2, 0) is 0 Å². The number of nitrogens with zero attached hydrogens (tertiary/aromatic N) is 3. The van der Waals surface area contributed by atoms with E-state index in [4.69, 9.17) is 5.73 Å². The van der Waals surface area contributed by atoms with E-state index in [9.17, 15) is 0 Å². The molecular weight excluding hydrogens is 282 g/mol. The SMILES string of the molecule is CCCN(CC)CCNc1ncnc(N)c1Br. The monoisotopic (exact) mass is 301 g/mol. The van der Waals surface area contributed by atoms with Crippen molar-refractivity contribution in [3.63, 3.8) is 0 Å². The number of rotatable bonds is 7. The summed E-state index contributed by atoms with van der Waals surface area (Å²) in [6, 6.07) is 0. The Balaban J connectivity index is 2.42. The molecule has 0 unspecified atom stereocenters. The van der Waals surface area contributed by atoms with Crippen molar-refractivity contribution in [2.45, 2.75) is 20.3 Å². The maximum absolute atomic E-state index is 5.68. The number of nitrogens with two attached hydrogens (primary N) is 1. The number of hydrogen-bond acceptors (Lipinski definition) is 5. The van der Waals surface area contributed by atoms with Gasteiger partial charge in [0.15, 0.2) is 0 Å². The van der Waals surface area contributed by atoms with Gasteiger partial charge in [0.1, 0.15) is 22.4 Å². The van der Waals surface area contributed by atoms with E-state index in [2.05, 4.69) is 50.0 Å². The van der Waals surface area contributed by atoms with E-state index < -0.39 is 0 Å². The van der Waals surface area contributed by atoms with Crippen LogP contribution in [0.1, 0.15) is 20.3 Å². The van der Waals surface area contributed by atoms with Crippen molar-refractivity contribution in [1.82, 2.24) is 14.9 Å². The number of anilines is 2. The first kappa shape index (κ1) is 14.2. The van der Waals surface area contributed by atoms with Crippen molar-refractivity contribution in [2.75, 3.05) is 37.2 Å². The summed E-state index contributed by atoms with van der Waals surface area (Å²) in [6.45, 7) is 8.42. The molecule has 0 radical (unpaired) electrons. The predicted octanol–water partition coefficient (Wildman–Crippen LogP) is 1.97. The van der Waals surface area contributed by atoms with Gasteiger partial charge in [-0.3, -0.25) is 0 Å². The van der Waals surface area contributed by atoms with Crippen LogP contribution in [0.15, 0.2) is 10.8 Å². The van der Waals surface area contributed by atoms with Crippen molar-refractivity contribution in [1.29, 1.82) is 0 Å². The molecule has 0 atom stereocenters. The Labute approximate surface area is 111 Å². The fourth-order valence-electron chi connectivity index (χ4n) is 1.58. The zero-order valence-electron chi connectivity index (χ0n) is 10.4. The highest BCUT2D eigenvalue weighted by Crippen LogP contribution is 2.23. The van der Waals surface area contributed by atoms with Gasteiger partial charge in [0.05, 0.1) is 0 Å². The molecule has 6 heteroatoms. The predicted molar refractivity (Wildman–Crippen MR) is 75.0 cm³/mol. The fraction of sp³-hybridized carbons (Fsp3) is 0.636. The molecule has 0 aliphatic carbocycles. The minimum absolute atomic E-state index is 0.461. The van der Waals surface area contributed by atoms with Crippen molar-refractivity contribution >= 4 is 27.6 Å². The molecule has 3 N–H and O–H groups in total. The van der Waals surface area contributed by atoms with Crippen LogP contribution in [0.3, 0.4) is 0 Å². The van der Waals surface area contributed by atoms with Gasteiger partial charge in [-0.2, -0.15) is 0 Å². The van der Waals surface area contributed by atoms with Gasteiger partial charge in [-0.05, 0) is 35.4 Å². The van der Waals surface area contributed by atoms with Gasteiger partial charge < -0.3 is 16.0 Å². The van der Waals surface area contributed by atoms with Crippen molar-refractivity contribution in [3.05, 3.63) is 10.8 Å². The third kappa shape index (κ3) is 4.47. The minimum atomic E-state index is 0.461. The van der Waals surface area contributed by atoms with E-state index in [1.54, 1.807) is 0 Å². The first-order valence-electron chi connectivity index (χ1n) is 5.91. The van der Waals surface area contributed by atoms with Gasteiger partial charge >= 0.3 is 0 Å². The minimum Gasteiger partial charge on any atom is -0.383 e. The molecule has 0 amide bonds. The average Bonchev–Trinajstić information content (AvgIpc) is 2.33. The van der Waals surface area contributed by atoms with Crippen LogP contribution in [0.5, 0.6) is 0 Å². The molecule has 0 saturated carbocycles. The van der Waals surface area contributed by atoms with E-state index in [0.29, 0.717) is 5.82 Å². The summed E-state index contributed by atoms with van der Waals surface area (Å²) in [5.41, 5.74) is 5.68. The summed E-state index contributed by atoms with van der Waals surface area (Å²) in [7, 11) is 0. The topological polar surface area (TPSA) is 67.1 Å². The van der Waals surface area contributed by atoms with Gasteiger partial charge in [-0.15, -0.1) is 0 Å². The lowest BCUT2D eigenvalue weighted by atomic mass is 10.4. The van der Waals surface area contributed by atoms with Gasteiger partial charge in [0.25, 0.3) is 0 Å². The maximum atomic E-state index is 5.68. The Kier molecular flexibility index (Phi) is 6.21. The summed E-state index contributed by atoms with van der Waals surface area (Å²) in [5, 5.41) is 3.26. The molecule has 5 nitrogen and oxygen atoms in total. The number of nitrogen functional groups attached to an aromatic ring is 1. The summed E-state index contributed by atoms with van der Waals surface area (Å²) < 4.78 is 0.735. The first-order chi connectivity index (χ1) is 8.19. The highest BCUT2D eigenvalue weighted by Gasteiger charge is 2.06. The molecule has 0 bridgehead atoms.